The van der Waals surface area contributed by atoms with Crippen LogP contribution in [-0.4, -0.2) is 24.5 Å². The zero-order valence-electron chi connectivity index (χ0n) is 19.5. The van der Waals surface area contributed by atoms with Crippen LogP contribution in [0.25, 0.3) is 27.7 Å². The monoisotopic (exact) mass is 472 g/mol. The quantitative estimate of drug-likeness (QED) is 0.179. The predicted octanol–water partition coefficient (Wildman–Crippen LogP) is 6.46. The summed E-state index contributed by atoms with van der Waals surface area (Å²) in [5.74, 6) is 0.445. The van der Waals surface area contributed by atoms with Gasteiger partial charge in [-0.25, -0.2) is 0 Å². The number of nitro benzene ring substituents is 1. The Kier molecular flexibility index (Phi) is 6.82. The Morgan fingerprint density at radius 1 is 1.11 bits per heavy atom. The van der Waals surface area contributed by atoms with Crippen LogP contribution in [0.15, 0.2) is 77.4 Å². The van der Waals surface area contributed by atoms with Crippen molar-refractivity contribution in [3.63, 3.8) is 0 Å². The maximum atomic E-state index is 12.8. The number of allylic oxidation sites excluding steroid dienone is 1. The summed E-state index contributed by atoms with van der Waals surface area (Å²) in [6.45, 7) is 4.12. The standard InChI is InChI=1S/C27H24N2O6/c1-4-34-25-15-26-21(22(16-35-26)18-8-6-5-7-9-18)14-20(25)17(2)12-27(30)28-23-13-19(29(31)32)10-11-24(23)33-3/h5-16H,4H2,1-3H3,(H,28,30)/b17-12+. The molecule has 0 aliphatic rings. The van der Waals surface area contributed by atoms with Crippen LogP contribution in [0.2, 0.25) is 0 Å². The largest absolute Gasteiger partial charge is 0.495 e. The topological polar surface area (TPSA) is 104 Å². The third kappa shape index (κ3) is 5.01. The van der Waals surface area contributed by atoms with Crippen LogP contribution in [0.1, 0.15) is 19.4 Å². The number of rotatable bonds is 8. The van der Waals surface area contributed by atoms with E-state index >= 15 is 0 Å². The predicted molar refractivity (Wildman–Crippen MR) is 135 cm³/mol. The number of nitrogens with zero attached hydrogens (tertiary/aromatic N) is 1. The van der Waals surface area contributed by atoms with Gasteiger partial charge in [0, 0.05) is 40.8 Å². The normalized spacial score (nSPS) is 11.3. The molecule has 1 N–H and O–H groups in total. The van der Waals surface area contributed by atoms with Gasteiger partial charge in [-0.3, -0.25) is 14.9 Å². The van der Waals surface area contributed by atoms with E-state index in [4.69, 9.17) is 13.9 Å². The molecule has 1 amide bonds. The van der Waals surface area contributed by atoms with E-state index in [1.165, 1.54) is 31.4 Å². The lowest BCUT2D eigenvalue weighted by Crippen LogP contribution is -2.10. The number of ether oxygens (including phenoxy) is 2. The lowest BCUT2D eigenvalue weighted by Gasteiger charge is -2.12. The average Bonchev–Trinajstić information content (AvgIpc) is 3.27. The van der Waals surface area contributed by atoms with E-state index in [0.29, 0.717) is 29.3 Å². The number of amides is 1. The Morgan fingerprint density at radius 3 is 2.57 bits per heavy atom. The van der Waals surface area contributed by atoms with E-state index in [0.717, 1.165) is 22.1 Å². The minimum Gasteiger partial charge on any atom is -0.495 e. The smallest absolute Gasteiger partial charge is 0.271 e. The number of anilines is 1. The molecule has 8 heteroatoms. The maximum Gasteiger partial charge on any atom is 0.271 e. The van der Waals surface area contributed by atoms with Crippen molar-refractivity contribution in [1.82, 2.24) is 0 Å². The number of furan rings is 1. The second-order valence-corrected chi connectivity index (χ2v) is 7.75. The van der Waals surface area contributed by atoms with Crippen molar-refractivity contribution in [2.24, 2.45) is 0 Å². The van der Waals surface area contributed by atoms with Gasteiger partial charge < -0.3 is 19.2 Å². The fraction of sp³-hybridized carbons (Fsp3) is 0.148. The summed E-state index contributed by atoms with van der Waals surface area (Å²) in [5.41, 5.74) is 4.06. The third-order valence-electron chi connectivity index (χ3n) is 5.48. The second-order valence-electron chi connectivity index (χ2n) is 7.75. The van der Waals surface area contributed by atoms with Gasteiger partial charge in [-0.2, -0.15) is 0 Å². The van der Waals surface area contributed by atoms with Gasteiger partial charge in [-0.15, -0.1) is 0 Å². The molecule has 4 rings (SSSR count). The van der Waals surface area contributed by atoms with Crippen LogP contribution in [0, 0.1) is 10.1 Å². The lowest BCUT2D eigenvalue weighted by molar-refractivity contribution is -0.384. The summed E-state index contributed by atoms with van der Waals surface area (Å²) in [5, 5.41) is 14.7. The highest BCUT2D eigenvalue weighted by Crippen LogP contribution is 2.37. The van der Waals surface area contributed by atoms with Crippen molar-refractivity contribution in [1.29, 1.82) is 0 Å². The molecule has 0 aliphatic carbocycles. The van der Waals surface area contributed by atoms with Gasteiger partial charge in [0.05, 0.1) is 30.6 Å². The molecule has 0 saturated carbocycles. The Morgan fingerprint density at radius 2 is 1.89 bits per heavy atom. The number of benzene rings is 3. The number of carbonyl (C=O) groups excluding carboxylic acids is 1. The Balaban J connectivity index is 1.71. The molecule has 4 aromatic rings. The van der Waals surface area contributed by atoms with Gasteiger partial charge in [-0.1, -0.05) is 30.3 Å². The summed E-state index contributed by atoms with van der Waals surface area (Å²) in [7, 11) is 1.43. The Hall–Kier alpha value is -4.59. The van der Waals surface area contributed by atoms with Crippen molar-refractivity contribution >= 4 is 33.8 Å². The van der Waals surface area contributed by atoms with Crippen molar-refractivity contribution in [2.45, 2.75) is 13.8 Å². The highest BCUT2D eigenvalue weighted by molar-refractivity contribution is 6.06. The minimum absolute atomic E-state index is 0.153. The number of non-ortho nitro benzene ring substituents is 1. The number of methoxy groups -OCH3 is 1. The maximum absolute atomic E-state index is 12.8. The van der Waals surface area contributed by atoms with E-state index in [2.05, 4.69) is 5.32 Å². The molecular formula is C27H24N2O6. The first-order valence-corrected chi connectivity index (χ1v) is 11.0. The van der Waals surface area contributed by atoms with E-state index in [-0.39, 0.29) is 11.4 Å². The Labute approximate surface area is 201 Å². The summed E-state index contributed by atoms with van der Waals surface area (Å²) in [6.07, 6.45) is 3.13. The second kappa shape index (κ2) is 10.1. The first-order chi connectivity index (χ1) is 16.9. The van der Waals surface area contributed by atoms with E-state index in [9.17, 15) is 14.9 Å². The molecule has 0 spiro atoms. The van der Waals surface area contributed by atoms with Crippen LogP contribution in [0.3, 0.4) is 0 Å². The molecular weight excluding hydrogens is 448 g/mol. The molecule has 0 unspecified atom stereocenters. The van der Waals surface area contributed by atoms with E-state index in [1.807, 2.05) is 49.4 Å². The summed E-state index contributed by atoms with van der Waals surface area (Å²) in [6, 6.07) is 17.7. The Bertz CT molecular complexity index is 1420. The molecule has 1 heterocycles. The zero-order valence-corrected chi connectivity index (χ0v) is 19.5. The SMILES string of the molecule is CCOc1cc2occ(-c3ccccc3)c2cc1/C(C)=C/C(=O)Nc1cc([N+](=O)[O-])ccc1OC. The third-order valence-corrected chi connectivity index (χ3v) is 5.48. The van der Waals surface area contributed by atoms with Gasteiger partial charge in [-0.05, 0) is 37.1 Å². The van der Waals surface area contributed by atoms with Gasteiger partial charge in [0.25, 0.3) is 5.69 Å². The molecule has 0 radical (unpaired) electrons. The molecule has 0 bridgehead atoms. The number of carbonyl (C=O) groups is 1. The van der Waals surface area contributed by atoms with Crippen LogP contribution >= 0.6 is 0 Å². The zero-order chi connectivity index (χ0) is 24.9. The molecule has 3 aromatic carbocycles. The molecule has 0 aliphatic heterocycles. The number of nitrogens with one attached hydrogen (secondary N) is 1. The summed E-state index contributed by atoms with van der Waals surface area (Å²) >= 11 is 0. The number of hydrogen-bond donors (Lipinski definition) is 1. The van der Waals surface area contributed by atoms with Crippen molar-refractivity contribution in [3.05, 3.63) is 88.7 Å². The summed E-state index contributed by atoms with van der Waals surface area (Å²) < 4.78 is 16.9. The van der Waals surface area contributed by atoms with Crippen LogP contribution < -0.4 is 14.8 Å². The van der Waals surface area contributed by atoms with Crippen molar-refractivity contribution in [2.75, 3.05) is 19.0 Å². The van der Waals surface area contributed by atoms with Crippen LogP contribution in [0.5, 0.6) is 11.5 Å². The van der Waals surface area contributed by atoms with Crippen LogP contribution in [0.4, 0.5) is 11.4 Å². The van der Waals surface area contributed by atoms with E-state index < -0.39 is 10.8 Å². The van der Waals surface area contributed by atoms with Crippen LogP contribution in [-0.2, 0) is 4.79 Å². The number of nitro groups is 1. The fourth-order valence-electron chi connectivity index (χ4n) is 3.83. The van der Waals surface area contributed by atoms with Gasteiger partial charge in [0.1, 0.15) is 17.1 Å². The molecule has 8 nitrogen and oxygen atoms in total. The number of hydrogen-bond acceptors (Lipinski definition) is 6. The average molecular weight is 472 g/mol. The highest BCUT2D eigenvalue weighted by atomic mass is 16.6. The molecule has 35 heavy (non-hydrogen) atoms. The molecule has 1 aromatic heterocycles. The number of fused-ring (bicyclic) bond motifs is 1. The lowest BCUT2D eigenvalue weighted by atomic mass is 9.99. The highest BCUT2D eigenvalue weighted by Gasteiger charge is 2.17. The molecule has 0 fully saturated rings. The summed E-state index contributed by atoms with van der Waals surface area (Å²) in [4.78, 5) is 23.4. The van der Waals surface area contributed by atoms with Gasteiger partial charge in [0.15, 0.2) is 0 Å². The van der Waals surface area contributed by atoms with E-state index in [1.54, 1.807) is 13.2 Å². The minimum atomic E-state index is -0.533. The van der Waals surface area contributed by atoms with Crippen molar-refractivity contribution in [3.8, 4) is 22.6 Å². The molecule has 0 saturated heterocycles. The fourth-order valence-corrected chi connectivity index (χ4v) is 3.83. The first kappa shape index (κ1) is 23.6. The van der Waals surface area contributed by atoms with Crippen molar-refractivity contribution < 1.29 is 23.6 Å². The molecule has 0 atom stereocenters. The first-order valence-electron chi connectivity index (χ1n) is 11.0. The van der Waals surface area contributed by atoms with Gasteiger partial charge in [0.2, 0.25) is 5.91 Å². The molecule has 178 valence electrons. The van der Waals surface area contributed by atoms with Gasteiger partial charge >= 0.3 is 0 Å².